The van der Waals surface area contributed by atoms with Crippen LogP contribution in [0, 0.1) is 5.92 Å². The van der Waals surface area contributed by atoms with Crippen LogP contribution in [0.2, 0.25) is 0 Å². The zero-order valence-corrected chi connectivity index (χ0v) is 22.6. The number of imidazole rings is 1. The van der Waals surface area contributed by atoms with Gasteiger partial charge in [-0.15, -0.1) is 0 Å². The minimum Gasteiger partial charge on any atom is -0.356 e. The van der Waals surface area contributed by atoms with Gasteiger partial charge >= 0.3 is 5.69 Å². The van der Waals surface area contributed by atoms with Crippen molar-refractivity contribution in [2.75, 3.05) is 11.9 Å². The van der Waals surface area contributed by atoms with E-state index >= 15 is 0 Å². The summed E-state index contributed by atoms with van der Waals surface area (Å²) in [6, 6.07) is 0. The second kappa shape index (κ2) is 19.6. The molecule has 0 saturated heterocycles. The summed E-state index contributed by atoms with van der Waals surface area (Å²) in [6.45, 7) is 18.3. The fraction of sp³-hybridized carbons (Fsp3) is 0.800. The van der Waals surface area contributed by atoms with Crippen molar-refractivity contribution in [3.8, 4) is 0 Å². The maximum atomic E-state index is 11.8. The summed E-state index contributed by atoms with van der Waals surface area (Å²) in [6.07, 6.45) is 10.3. The van der Waals surface area contributed by atoms with Gasteiger partial charge in [0.1, 0.15) is 0 Å². The molecule has 0 aromatic carbocycles. The van der Waals surface area contributed by atoms with Gasteiger partial charge in [0.05, 0.1) is 0 Å². The maximum absolute atomic E-state index is 11.8. The van der Waals surface area contributed by atoms with Gasteiger partial charge in [-0.1, -0.05) is 100 Å². The standard InChI is InChI=1S/C10H15N5O2.C7H16.2C4H10/c1-4-5-11-9-12-6-7(13-9)14(2)10(17)15(3)8(6)16;1-4-6-7(3)5-2;2*1-3-4-2/h4-5H2,1-3H3,(H2,11,12,13);7H,4-6H2,1-3H3;2*3-4H2,1-2H3. The van der Waals surface area contributed by atoms with Gasteiger partial charge in [-0.3, -0.25) is 13.9 Å². The van der Waals surface area contributed by atoms with E-state index in [-0.39, 0.29) is 11.2 Å². The van der Waals surface area contributed by atoms with Gasteiger partial charge in [0.15, 0.2) is 11.2 Å². The minimum absolute atomic E-state index is 0.341. The molecule has 0 bridgehead atoms. The Balaban J connectivity index is 0. The zero-order chi connectivity index (χ0) is 25.1. The Bertz CT molecular complexity index is 812. The lowest BCUT2D eigenvalue weighted by Gasteiger charge is -2.02. The number of hydrogen-bond acceptors (Lipinski definition) is 4. The summed E-state index contributed by atoms with van der Waals surface area (Å²) in [4.78, 5) is 30.6. The number of hydrogen-bond donors (Lipinski definition) is 2. The molecule has 0 aliphatic heterocycles. The molecule has 0 radical (unpaired) electrons. The average molecular weight is 454 g/mol. The molecule has 2 aromatic heterocycles. The first-order chi connectivity index (χ1) is 15.2. The van der Waals surface area contributed by atoms with Crippen LogP contribution >= 0.6 is 0 Å². The number of aryl methyl sites for hydroxylation is 1. The lowest BCUT2D eigenvalue weighted by molar-refractivity contribution is 0.509. The second-order valence-electron chi connectivity index (χ2n) is 8.22. The molecule has 0 amide bonds. The average Bonchev–Trinajstić information content (AvgIpc) is 3.25. The van der Waals surface area contributed by atoms with Gasteiger partial charge in [0.25, 0.3) is 5.56 Å². The van der Waals surface area contributed by atoms with Crippen LogP contribution in [-0.2, 0) is 14.1 Å². The molecular weight excluding hydrogens is 402 g/mol. The predicted molar refractivity (Wildman–Crippen MR) is 141 cm³/mol. The van der Waals surface area contributed by atoms with Crippen LogP contribution in [0.25, 0.3) is 11.2 Å². The quantitative estimate of drug-likeness (QED) is 0.496. The van der Waals surface area contributed by atoms with E-state index in [4.69, 9.17) is 0 Å². The van der Waals surface area contributed by atoms with Crippen molar-refractivity contribution in [2.24, 2.45) is 20.0 Å². The smallest absolute Gasteiger partial charge is 0.332 e. The second-order valence-corrected chi connectivity index (χ2v) is 8.22. The lowest BCUT2D eigenvalue weighted by atomic mass is 10.0. The van der Waals surface area contributed by atoms with E-state index in [0.29, 0.717) is 17.1 Å². The van der Waals surface area contributed by atoms with Crippen LogP contribution < -0.4 is 16.6 Å². The number of nitrogens with one attached hydrogen (secondary N) is 2. The van der Waals surface area contributed by atoms with Crippen molar-refractivity contribution in [1.82, 2.24) is 19.1 Å². The number of unbranched alkanes of at least 4 members (excludes halogenated alkanes) is 2. The molecule has 1 atom stereocenters. The molecule has 0 spiro atoms. The van der Waals surface area contributed by atoms with Gasteiger partial charge in [0.2, 0.25) is 5.95 Å². The predicted octanol–water partition coefficient (Wildman–Crippen LogP) is 6.23. The summed E-state index contributed by atoms with van der Waals surface area (Å²) >= 11 is 0. The fourth-order valence-corrected chi connectivity index (χ4v) is 2.35. The van der Waals surface area contributed by atoms with Crippen molar-refractivity contribution in [3.05, 3.63) is 20.8 Å². The molecule has 0 saturated carbocycles. The zero-order valence-electron chi connectivity index (χ0n) is 22.6. The molecule has 1 unspecified atom stereocenters. The Morgan fingerprint density at radius 3 is 1.75 bits per heavy atom. The van der Waals surface area contributed by atoms with Crippen molar-refractivity contribution < 1.29 is 0 Å². The molecule has 7 heteroatoms. The number of H-pyrrole nitrogens is 1. The molecule has 7 nitrogen and oxygen atoms in total. The molecule has 2 N–H and O–H groups in total. The Morgan fingerprint density at radius 2 is 1.38 bits per heavy atom. The van der Waals surface area contributed by atoms with Crippen molar-refractivity contribution in [3.63, 3.8) is 0 Å². The highest BCUT2D eigenvalue weighted by Crippen LogP contribution is 2.08. The van der Waals surface area contributed by atoms with Gasteiger partial charge in [-0.25, -0.2) is 4.79 Å². The first-order valence-electron chi connectivity index (χ1n) is 12.6. The van der Waals surface area contributed by atoms with E-state index < -0.39 is 0 Å². The first kappa shape index (κ1) is 32.1. The van der Waals surface area contributed by atoms with Crippen LogP contribution in [0.4, 0.5) is 5.95 Å². The third-order valence-corrected chi connectivity index (χ3v) is 5.12. The minimum atomic E-state index is -0.379. The van der Waals surface area contributed by atoms with E-state index in [1.807, 2.05) is 6.92 Å². The molecule has 2 aromatic rings. The SMILES string of the molecule is CCCC.CCCC.CCCC(C)CC.CCCNc1nc2c([nH]1)c(=O)n(C)c(=O)n2C. The Labute approximate surface area is 196 Å². The summed E-state index contributed by atoms with van der Waals surface area (Å²) < 4.78 is 2.41. The molecule has 32 heavy (non-hydrogen) atoms. The van der Waals surface area contributed by atoms with Crippen molar-refractivity contribution in [2.45, 2.75) is 107 Å². The highest BCUT2D eigenvalue weighted by molar-refractivity contribution is 5.72. The molecule has 0 fully saturated rings. The molecular formula is C25H51N5O2. The largest absolute Gasteiger partial charge is 0.356 e. The molecule has 188 valence electrons. The number of anilines is 1. The van der Waals surface area contributed by atoms with Crippen molar-refractivity contribution in [1.29, 1.82) is 0 Å². The van der Waals surface area contributed by atoms with E-state index in [2.05, 4.69) is 63.8 Å². The van der Waals surface area contributed by atoms with E-state index in [1.54, 1.807) is 7.05 Å². The van der Waals surface area contributed by atoms with E-state index in [0.717, 1.165) is 23.5 Å². The van der Waals surface area contributed by atoms with Crippen LogP contribution in [0.15, 0.2) is 9.59 Å². The number of nitrogens with zero attached hydrogens (tertiary/aromatic N) is 3. The Hall–Kier alpha value is -2.05. The van der Waals surface area contributed by atoms with Gasteiger partial charge < -0.3 is 10.3 Å². The Kier molecular flexibility index (Phi) is 19.7. The molecule has 0 aliphatic carbocycles. The summed E-state index contributed by atoms with van der Waals surface area (Å²) in [5.41, 5.74) is -0.0268. The van der Waals surface area contributed by atoms with Crippen LogP contribution in [-0.4, -0.2) is 25.6 Å². The lowest BCUT2D eigenvalue weighted by Crippen LogP contribution is -2.36. The maximum Gasteiger partial charge on any atom is 0.332 e. The van der Waals surface area contributed by atoms with Gasteiger partial charge in [0, 0.05) is 20.6 Å². The molecule has 2 rings (SSSR count). The highest BCUT2D eigenvalue weighted by atomic mass is 16.2. The third kappa shape index (κ3) is 12.1. The summed E-state index contributed by atoms with van der Waals surface area (Å²) in [5.74, 6) is 1.46. The third-order valence-electron chi connectivity index (χ3n) is 5.12. The number of rotatable bonds is 8. The topological polar surface area (TPSA) is 84.7 Å². The van der Waals surface area contributed by atoms with Crippen LogP contribution in [0.5, 0.6) is 0 Å². The van der Waals surface area contributed by atoms with Gasteiger partial charge in [-0.05, 0) is 12.3 Å². The monoisotopic (exact) mass is 453 g/mol. The van der Waals surface area contributed by atoms with E-state index in [9.17, 15) is 9.59 Å². The first-order valence-corrected chi connectivity index (χ1v) is 12.6. The molecule has 2 heterocycles. The van der Waals surface area contributed by atoms with E-state index in [1.165, 1.54) is 56.6 Å². The summed E-state index contributed by atoms with van der Waals surface area (Å²) in [5, 5.41) is 3.05. The van der Waals surface area contributed by atoms with Gasteiger partial charge in [-0.2, -0.15) is 4.98 Å². The number of fused-ring (bicyclic) bond motifs is 1. The Morgan fingerprint density at radius 1 is 0.844 bits per heavy atom. The normalized spacial score (nSPS) is 10.8. The van der Waals surface area contributed by atoms with Crippen LogP contribution in [0.3, 0.4) is 0 Å². The van der Waals surface area contributed by atoms with Crippen molar-refractivity contribution >= 4 is 17.1 Å². The van der Waals surface area contributed by atoms with Crippen LogP contribution in [0.1, 0.15) is 107 Å². The molecule has 0 aliphatic rings. The highest BCUT2D eigenvalue weighted by Gasteiger charge is 2.12. The summed E-state index contributed by atoms with van der Waals surface area (Å²) in [7, 11) is 3.04. The number of aromatic amines is 1. The fourth-order valence-electron chi connectivity index (χ4n) is 2.35. The number of aromatic nitrogens is 4.